The van der Waals surface area contributed by atoms with E-state index in [4.69, 9.17) is 9.72 Å². The lowest BCUT2D eigenvalue weighted by Crippen LogP contribution is -2.43. The van der Waals surface area contributed by atoms with E-state index >= 15 is 0 Å². The van der Waals surface area contributed by atoms with E-state index in [1.165, 1.54) is 16.8 Å². The molecule has 3 heterocycles. The molecular weight excluding hydrogens is 284 g/mol. The summed E-state index contributed by atoms with van der Waals surface area (Å²) >= 11 is 0. The number of nitrogens with zero attached hydrogens (tertiary/aromatic N) is 2. The molecule has 1 saturated heterocycles. The number of aromatic nitrogens is 1. The minimum absolute atomic E-state index is 0.187. The van der Waals surface area contributed by atoms with Gasteiger partial charge in [0.1, 0.15) is 5.60 Å². The van der Waals surface area contributed by atoms with E-state index in [1.54, 1.807) is 0 Å². The van der Waals surface area contributed by atoms with Crippen molar-refractivity contribution in [1.82, 2.24) is 9.88 Å². The summed E-state index contributed by atoms with van der Waals surface area (Å²) in [5, 5.41) is 0. The molecule has 3 heteroatoms. The fraction of sp³-hybridized carbons (Fsp3) is 0.450. The Labute approximate surface area is 138 Å². The Kier molecular flexibility index (Phi) is 3.51. The first-order valence-corrected chi connectivity index (χ1v) is 8.52. The van der Waals surface area contributed by atoms with Crippen LogP contribution in [0.4, 0.5) is 0 Å². The Bertz CT molecular complexity index is 688. The van der Waals surface area contributed by atoms with Crippen LogP contribution in [-0.2, 0) is 22.5 Å². The van der Waals surface area contributed by atoms with Crippen LogP contribution >= 0.6 is 0 Å². The van der Waals surface area contributed by atoms with Gasteiger partial charge in [-0.3, -0.25) is 9.88 Å². The van der Waals surface area contributed by atoms with Crippen molar-refractivity contribution in [2.45, 2.75) is 44.4 Å². The quantitative estimate of drug-likeness (QED) is 0.843. The molecule has 0 bridgehead atoms. The molecule has 2 aliphatic heterocycles. The van der Waals surface area contributed by atoms with Crippen LogP contribution in [0.5, 0.6) is 0 Å². The van der Waals surface area contributed by atoms with Gasteiger partial charge in [-0.05, 0) is 38.3 Å². The molecule has 0 aliphatic carbocycles. The zero-order valence-electron chi connectivity index (χ0n) is 14.0. The van der Waals surface area contributed by atoms with E-state index in [2.05, 4.69) is 55.1 Å². The van der Waals surface area contributed by atoms with Gasteiger partial charge in [0.15, 0.2) is 0 Å². The second-order valence-electron chi connectivity index (χ2n) is 7.27. The topological polar surface area (TPSA) is 25.4 Å². The summed E-state index contributed by atoms with van der Waals surface area (Å²) in [6.45, 7) is 7.47. The molecular formula is C20H24N2O. The summed E-state index contributed by atoms with van der Waals surface area (Å²) in [7, 11) is 0. The van der Waals surface area contributed by atoms with Crippen molar-refractivity contribution in [1.29, 1.82) is 0 Å². The third-order valence-electron chi connectivity index (χ3n) is 5.25. The predicted molar refractivity (Wildman–Crippen MR) is 91.0 cm³/mol. The third kappa shape index (κ3) is 2.58. The molecule has 0 unspecified atom stereocenters. The van der Waals surface area contributed by atoms with Crippen LogP contribution in [0.2, 0.25) is 0 Å². The summed E-state index contributed by atoms with van der Waals surface area (Å²) in [4.78, 5) is 7.22. The van der Waals surface area contributed by atoms with Crippen molar-refractivity contribution in [2.24, 2.45) is 0 Å². The minimum Gasteiger partial charge on any atom is -0.358 e. The van der Waals surface area contributed by atoms with Crippen LogP contribution in [-0.4, -0.2) is 23.0 Å². The van der Waals surface area contributed by atoms with E-state index < -0.39 is 0 Å². The maximum Gasteiger partial charge on any atom is 0.114 e. The Balaban J connectivity index is 1.52. The van der Waals surface area contributed by atoms with Gasteiger partial charge in [-0.15, -0.1) is 0 Å². The molecule has 1 aromatic carbocycles. The van der Waals surface area contributed by atoms with Gasteiger partial charge >= 0.3 is 0 Å². The fourth-order valence-corrected chi connectivity index (χ4v) is 4.10. The Morgan fingerprint density at radius 3 is 2.52 bits per heavy atom. The number of fused-ring (bicyclic) bond motifs is 2. The van der Waals surface area contributed by atoms with E-state index in [9.17, 15) is 0 Å². The monoisotopic (exact) mass is 308 g/mol. The second-order valence-corrected chi connectivity index (χ2v) is 7.27. The molecule has 0 atom stereocenters. The maximum absolute atomic E-state index is 6.56. The first kappa shape index (κ1) is 14.9. The number of hydrogen-bond donors (Lipinski definition) is 0. The van der Waals surface area contributed by atoms with Gasteiger partial charge in [-0.1, -0.05) is 36.4 Å². The van der Waals surface area contributed by atoms with Gasteiger partial charge in [-0.2, -0.15) is 0 Å². The van der Waals surface area contributed by atoms with E-state index in [0.717, 1.165) is 32.5 Å². The molecule has 1 aromatic heterocycles. The van der Waals surface area contributed by atoms with Crippen LogP contribution in [0.25, 0.3) is 0 Å². The molecule has 4 rings (SSSR count). The van der Waals surface area contributed by atoms with Gasteiger partial charge in [0.05, 0.1) is 11.3 Å². The predicted octanol–water partition coefficient (Wildman–Crippen LogP) is 3.84. The third-order valence-corrected chi connectivity index (χ3v) is 5.25. The van der Waals surface area contributed by atoms with Crippen LogP contribution in [0, 0.1) is 0 Å². The highest BCUT2D eigenvalue weighted by Gasteiger charge is 2.51. The Hall–Kier alpha value is -1.71. The zero-order chi connectivity index (χ0) is 15.9. The number of benzene rings is 1. The molecule has 1 spiro atoms. The van der Waals surface area contributed by atoms with Crippen molar-refractivity contribution in [3.8, 4) is 0 Å². The molecule has 1 fully saturated rings. The lowest BCUT2D eigenvalue weighted by atomic mass is 9.86. The van der Waals surface area contributed by atoms with Crippen molar-refractivity contribution >= 4 is 0 Å². The number of hydrogen-bond acceptors (Lipinski definition) is 3. The minimum atomic E-state index is -0.231. The van der Waals surface area contributed by atoms with Crippen molar-refractivity contribution in [2.75, 3.05) is 13.1 Å². The van der Waals surface area contributed by atoms with Gasteiger partial charge < -0.3 is 4.74 Å². The Morgan fingerprint density at radius 2 is 1.78 bits per heavy atom. The highest BCUT2D eigenvalue weighted by Crippen LogP contribution is 2.50. The van der Waals surface area contributed by atoms with Gasteiger partial charge in [0.2, 0.25) is 0 Å². The summed E-state index contributed by atoms with van der Waals surface area (Å²) < 4.78 is 6.56. The molecule has 0 N–H and O–H groups in total. The zero-order valence-corrected chi connectivity index (χ0v) is 14.0. The van der Waals surface area contributed by atoms with E-state index in [1.807, 2.05) is 12.3 Å². The molecule has 23 heavy (non-hydrogen) atoms. The highest BCUT2D eigenvalue weighted by molar-refractivity contribution is 5.35. The summed E-state index contributed by atoms with van der Waals surface area (Å²) in [5.74, 6) is 0. The van der Waals surface area contributed by atoms with Gasteiger partial charge in [-0.25, -0.2) is 0 Å². The standard InChI is InChI=1S/C20H24N2O/c1-19(2)17-9-6-12-21-18(17)20(23-19)10-13-22(14-11-20)15-16-7-4-3-5-8-16/h3-9,12H,10-11,13-15H2,1-2H3. The lowest BCUT2D eigenvalue weighted by molar-refractivity contribution is -0.151. The first-order valence-electron chi connectivity index (χ1n) is 8.52. The fourth-order valence-electron chi connectivity index (χ4n) is 4.10. The number of likely N-dealkylation sites (tertiary alicyclic amines) is 1. The first-order chi connectivity index (χ1) is 11.1. The Morgan fingerprint density at radius 1 is 1.04 bits per heavy atom. The number of piperidine rings is 1. The maximum atomic E-state index is 6.56. The largest absolute Gasteiger partial charge is 0.358 e. The van der Waals surface area contributed by atoms with Crippen molar-refractivity contribution < 1.29 is 4.74 Å². The number of ether oxygens (including phenoxy) is 1. The lowest BCUT2D eigenvalue weighted by Gasteiger charge is -2.40. The van der Waals surface area contributed by atoms with Crippen LogP contribution < -0.4 is 0 Å². The normalized spacial score (nSPS) is 22.2. The smallest absolute Gasteiger partial charge is 0.114 e. The SMILES string of the molecule is CC1(C)OC2(CCN(Cc3ccccc3)CC2)c2ncccc21. The summed E-state index contributed by atoms with van der Waals surface area (Å²) in [6, 6.07) is 14.9. The summed E-state index contributed by atoms with van der Waals surface area (Å²) in [5.41, 5.74) is 3.40. The molecule has 0 saturated carbocycles. The van der Waals surface area contributed by atoms with Crippen LogP contribution in [0.15, 0.2) is 48.7 Å². The summed E-state index contributed by atoms with van der Waals surface area (Å²) in [6.07, 6.45) is 3.95. The van der Waals surface area contributed by atoms with Crippen LogP contribution in [0.1, 0.15) is 43.5 Å². The van der Waals surface area contributed by atoms with E-state index in [-0.39, 0.29) is 11.2 Å². The molecule has 0 radical (unpaired) electrons. The van der Waals surface area contributed by atoms with Crippen LogP contribution in [0.3, 0.4) is 0 Å². The molecule has 120 valence electrons. The molecule has 2 aromatic rings. The van der Waals surface area contributed by atoms with Crippen molar-refractivity contribution in [3.63, 3.8) is 0 Å². The second kappa shape index (κ2) is 5.43. The number of rotatable bonds is 2. The van der Waals surface area contributed by atoms with Crippen molar-refractivity contribution in [3.05, 3.63) is 65.5 Å². The van der Waals surface area contributed by atoms with E-state index in [0.29, 0.717) is 0 Å². The van der Waals surface area contributed by atoms with Gasteiger partial charge in [0, 0.05) is 31.4 Å². The molecule has 3 nitrogen and oxygen atoms in total. The average Bonchev–Trinajstić information content (AvgIpc) is 2.79. The average molecular weight is 308 g/mol. The molecule has 0 amide bonds. The van der Waals surface area contributed by atoms with Gasteiger partial charge in [0.25, 0.3) is 0 Å². The highest BCUT2D eigenvalue weighted by atomic mass is 16.5. The number of pyridine rings is 1. The molecule has 2 aliphatic rings.